The molecule has 8 heteroatoms. The first-order valence-electron chi connectivity index (χ1n) is 7.87. The Balaban J connectivity index is 1.94. The van der Waals surface area contributed by atoms with Crippen LogP contribution in [0.1, 0.15) is 60.8 Å². The Kier molecular flexibility index (Phi) is 4.28. The molecule has 1 aliphatic heterocycles. The standard InChI is InChI=1S/C16H21ClN2O4S/c1-5-12(11-8-16(3,4)23-18-11)24(20,21)15(17)13-9(2)22-19-14(13)10-6-7-10/h5,10,12,15H,1,6-8H2,2-4H3. The highest BCUT2D eigenvalue weighted by atomic mass is 35.5. The average molecular weight is 373 g/mol. The summed E-state index contributed by atoms with van der Waals surface area (Å²) in [6, 6.07) is 0. The van der Waals surface area contributed by atoms with Crippen LogP contribution in [0.25, 0.3) is 0 Å². The predicted octanol–water partition coefficient (Wildman–Crippen LogP) is 3.62. The molecule has 0 spiro atoms. The molecular formula is C16H21ClN2O4S. The van der Waals surface area contributed by atoms with E-state index in [1.54, 1.807) is 6.92 Å². The molecule has 1 aromatic rings. The van der Waals surface area contributed by atoms with Crippen molar-refractivity contribution in [1.29, 1.82) is 0 Å². The Bertz CT molecular complexity index is 793. The molecule has 1 aromatic heterocycles. The molecule has 2 heterocycles. The Morgan fingerprint density at radius 3 is 2.58 bits per heavy atom. The number of alkyl halides is 1. The van der Waals surface area contributed by atoms with E-state index in [0.29, 0.717) is 29.2 Å². The fraction of sp³-hybridized carbons (Fsp3) is 0.625. The normalized spacial score (nSPS) is 22.6. The van der Waals surface area contributed by atoms with Gasteiger partial charge in [-0.2, -0.15) is 0 Å². The predicted molar refractivity (Wildman–Crippen MR) is 91.9 cm³/mol. The van der Waals surface area contributed by atoms with Gasteiger partial charge < -0.3 is 9.36 Å². The number of hydrogen-bond donors (Lipinski definition) is 0. The summed E-state index contributed by atoms with van der Waals surface area (Å²) in [4.78, 5) is 5.30. The number of aryl methyl sites for hydroxylation is 1. The highest BCUT2D eigenvalue weighted by molar-refractivity contribution is 7.94. The van der Waals surface area contributed by atoms with Gasteiger partial charge in [-0.05, 0) is 33.6 Å². The van der Waals surface area contributed by atoms with E-state index in [4.69, 9.17) is 21.0 Å². The van der Waals surface area contributed by atoms with Crippen molar-refractivity contribution in [1.82, 2.24) is 5.16 Å². The summed E-state index contributed by atoms with van der Waals surface area (Å²) in [7, 11) is -3.82. The monoisotopic (exact) mass is 372 g/mol. The van der Waals surface area contributed by atoms with Gasteiger partial charge in [0, 0.05) is 12.3 Å². The zero-order valence-corrected chi connectivity index (χ0v) is 15.5. The fourth-order valence-electron chi connectivity index (χ4n) is 2.91. The summed E-state index contributed by atoms with van der Waals surface area (Å²) < 4.78 is 30.1. The van der Waals surface area contributed by atoms with Crippen molar-refractivity contribution in [2.45, 2.75) is 61.5 Å². The van der Waals surface area contributed by atoms with Crippen molar-refractivity contribution < 1.29 is 17.8 Å². The number of aromatic nitrogens is 1. The second-order valence-corrected chi connectivity index (χ2v) is 9.84. The highest BCUT2D eigenvalue weighted by Gasteiger charge is 2.44. The molecule has 2 atom stereocenters. The SMILES string of the molecule is C=CC(C1=NOC(C)(C)C1)S(=O)(=O)C(Cl)c1c(C2CC2)noc1C. The number of nitrogens with zero attached hydrogens (tertiary/aromatic N) is 2. The lowest BCUT2D eigenvalue weighted by Gasteiger charge is -2.19. The second-order valence-electron chi connectivity index (χ2n) is 6.98. The number of oxime groups is 1. The Labute approximate surface area is 146 Å². The molecule has 0 radical (unpaired) electrons. The van der Waals surface area contributed by atoms with Gasteiger partial charge in [-0.3, -0.25) is 0 Å². The smallest absolute Gasteiger partial charge is 0.183 e. The van der Waals surface area contributed by atoms with Crippen molar-refractivity contribution in [2.75, 3.05) is 0 Å². The molecule has 24 heavy (non-hydrogen) atoms. The quantitative estimate of drug-likeness (QED) is 0.562. The third-order valence-corrected chi connectivity index (χ3v) is 7.28. The Morgan fingerprint density at radius 1 is 1.42 bits per heavy atom. The molecule has 1 fully saturated rings. The highest BCUT2D eigenvalue weighted by Crippen LogP contribution is 2.46. The van der Waals surface area contributed by atoms with Crippen LogP contribution >= 0.6 is 11.6 Å². The van der Waals surface area contributed by atoms with Gasteiger partial charge in [-0.25, -0.2) is 8.42 Å². The van der Waals surface area contributed by atoms with Crippen LogP contribution in [-0.2, 0) is 14.7 Å². The lowest BCUT2D eigenvalue weighted by Crippen LogP contribution is -2.32. The van der Waals surface area contributed by atoms with Crippen molar-refractivity contribution in [3.8, 4) is 0 Å². The van der Waals surface area contributed by atoms with Gasteiger partial charge in [0.1, 0.15) is 16.6 Å². The molecule has 1 aliphatic carbocycles. The van der Waals surface area contributed by atoms with Crippen molar-refractivity contribution in [2.24, 2.45) is 5.16 Å². The summed E-state index contributed by atoms with van der Waals surface area (Å²) in [6.07, 6.45) is 3.71. The van der Waals surface area contributed by atoms with E-state index in [1.165, 1.54) is 6.08 Å². The van der Waals surface area contributed by atoms with Crippen LogP contribution in [0.5, 0.6) is 0 Å². The maximum absolute atomic E-state index is 13.1. The minimum atomic E-state index is -3.82. The van der Waals surface area contributed by atoms with Gasteiger partial charge in [0.25, 0.3) is 0 Å². The van der Waals surface area contributed by atoms with E-state index >= 15 is 0 Å². The minimum absolute atomic E-state index is 0.238. The molecule has 0 N–H and O–H groups in total. The Morgan fingerprint density at radius 2 is 2.08 bits per heavy atom. The first-order valence-corrected chi connectivity index (χ1v) is 9.92. The van der Waals surface area contributed by atoms with Gasteiger partial charge in [0.2, 0.25) is 0 Å². The van der Waals surface area contributed by atoms with Crippen molar-refractivity contribution in [3.05, 3.63) is 29.7 Å². The molecular weight excluding hydrogens is 352 g/mol. The van der Waals surface area contributed by atoms with Crippen molar-refractivity contribution >= 4 is 27.1 Å². The summed E-state index contributed by atoms with van der Waals surface area (Å²) in [5, 5.41) is 6.97. The van der Waals surface area contributed by atoms with E-state index in [-0.39, 0.29) is 5.92 Å². The minimum Gasteiger partial charge on any atom is -0.389 e. The van der Waals surface area contributed by atoms with Crippen LogP contribution in [0.4, 0.5) is 0 Å². The van der Waals surface area contributed by atoms with Crippen LogP contribution in [0, 0.1) is 6.92 Å². The molecule has 2 unspecified atom stereocenters. The zero-order chi connectivity index (χ0) is 17.7. The molecule has 6 nitrogen and oxygen atoms in total. The summed E-state index contributed by atoms with van der Waals surface area (Å²) in [5.41, 5.74) is 1.01. The summed E-state index contributed by atoms with van der Waals surface area (Å²) in [6.45, 7) is 9.05. The largest absolute Gasteiger partial charge is 0.389 e. The van der Waals surface area contributed by atoms with Crippen LogP contribution in [-0.4, -0.2) is 30.1 Å². The van der Waals surface area contributed by atoms with Gasteiger partial charge in [0.15, 0.2) is 14.5 Å². The van der Waals surface area contributed by atoms with E-state index in [0.717, 1.165) is 12.8 Å². The van der Waals surface area contributed by atoms with Crippen LogP contribution < -0.4 is 0 Å². The third-order valence-electron chi connectivity index (χ3n) is 4.33. The summed E-state index contributed by atoms with van der Waals surface area (Å²) in [5.74, 6) is 0.676. The first-order chi connectivity index (χ1) is 11.2. The molecule has 132 valence electrons. The Hall–Kier alpha value is -1.34. The van der Waals surface area contributed by atoms with Crippen molar-refractivity contribution in [3.63, 3.8) is 0 Å². The van der Waals surface area contributed by atoms with E-state index in [2.05, 4.69) is 16.9 Å². The number of rotatable bonds is 6. The van der Waals surface area contributed by atoms with Gasteiger partial charge >= 0.3 is 0 Å². The van der Waals surface area contributed by atoms with Gasteiger partial charge in [-0.15, -0.1) is 6.58 Å². The van der Waals surface area contributed by atoms with Gasteiger partial charge in [0.05, 0.1) is 17.0 Å². The zero-order valence-electron chi connectivity index (χ0n) is 14.0. The number of hydrogen-bond acceptors (Lipinski definition) is 6. The van der Waals surface area contributed by atoms with E-state index in [1.807, 2.05) is 13.8 Å². The van der Waals surface area contributed by atoms with Crippen LogP contribution in [0.2, 0.25) is 0 Å². The molecule has 2 aliphatic rings. The molecule has 1 saturated carbocycles. The average Bonchev–Trinajstić information content (AvgIpc) is 3.18. The molecule has 0 amide bonds. The fourth-order valence-corrected chi connectivity index (χ4v) is 5.16. The topological polar surface area (TPSA) is 81.8 Å². The van der Waals surface area contributed by atoms with Crippen LogP contribution in [0.15, 0.2) is 22.3 Å². The van der Waals surface area contributed by atoms with Gasteiger partial charge in [-0.1, -0.05) is 28.0 Å². The lowest BCUT2D eigenvalue weighted by atomic mass is 10.0. The molecule has 0 bridgehead atoms. The number of sulfone groups is 1. The maximum atomic E-state index is 13.1. The molecule has 0 aromatic carbocycles. The molecule has 0 saturated heterocycles. The summed E-state index contributed by atoms with van der Waals surface area (Å²) >= 11 is 6.41. The maximum Gasteiger partial charge on any atom is 0.183 e. The third kappa shape index (κ3) is 2.99. The van der Waals surface area contributed by atoms with E-state index in [9.17, 15) is 8.42 Å². The lowest BCUT2D eigenvalue weighted by molar-refractivity contribution is 0.0123. The van der Waals surface area contributed by atoms with Crippen LogP contribution in [0.3, 0.4) is 0 Å². The number of halogens is 1. The van der Waals surface area contributed by atoms with E-state index < -0.39 is 25.4 Å². The molecule has 3 rings (SSSR count). The first kappa shape index (κ1) is 17.5. The second kappa shape index (κ2) is 5.88.